The molecule has 4 rings (SSSR count). The zero-order chi connectivity index (χ0) is 18.6. The first-order valence-electron chi connectivity index (χ1n) is 8.33. The molecule has 27 heavy (non-hydrogen) atoms. The van der Waals surface area contributed by atoms with E-state index < -0.39 is 0 Å². The van der Waals surface area contributed by atoms with Crippen LogP contribution in [0.1, 0.15) is 0 Å². The fourth-order valence-electron chi connectivity index (χ4n) is 2.50. The Morgan fingerprint density at radius 3 is 1.70 bits per heavy atom. The number of benzene rings is 2. The molecule has 134 valence electrons. The summed E-state index contributed by atoms with van der Waals surface area (Å²) in [7, 11) is 1.88. The van der Waals surface area contributed by atoms with Crippen LogP contribution in [0, 0.1) is 4.77 Å². The van der Waals surface area contributed by atoms with E-state index in [2.05, 4.69) is 25.6 Å². The van der Waals surface area contributed by atoms with Crippen molar-refractivity contribution in [2.45, 2.75) is 0 Å². The lowest BCUT2D eigenvalue weighted by Gasteiger charge is -2.10. The van der Waals surface area contributed by atoms with Crippen molar-refractivity contribution in [2.75, 3.05) is 10.6 Å². The second-order valence-corrected chi connectivity index (χ2v) is 6.19. The van der Waals surface area contributed by atoms with Crippen molar-refractivity contribution >= 4 is 35.5 Å². The predicted octanol–water partition coefficient (Wildman–Crippen LogP) is 4.22. The van der Waals surface area contributed by atoms with Crippen molar-refractivity contribution in [3.8, 4) is 5.95 Å². The molecule has 8 heteroatoms. The third kappa shape index (κ3) is 3.85. The Hall–Kier alpha value is -3.52. The van der Waals surface area contributed by atoms with Crippen molar-refractivity contribution in [2.24, 2.45) is 7.05 Å². The fraction of sp³-hybridized carbons (Fsp3) is 0.0526. The van der Waals surface area contributed by atoms with E-state index in [1.165, 1.54) is 0 Å². The maximum atomic E-state index is 5.44. The Labute approximate surface area is 161 Å². The smallest absolute Gasteiger partial charge is 0.242 e. The van der Waals surface area contributed by atoms with E-state index in [1.54, 1.807) is 4.57 Å². The van der Waals surface area contributed by atoms with Crippen LogP contribution in [-0.2, 0) is 7.05 Å². The number of para-hydroxylation sites is 2. The number of hydrogen-bond acceptors (Lipinski definition) is 6. The summed E-state index contributed by atoms with van der Waals surface area (Å²) < 4.78 is 4.16. The number of aromatic nitrogens is 5. The van der Waals surface area contributed by atoms with Crippen molar-refractivity contribution in [3.05, 3.63) is 77.8 Å². The van der Waals surface area contributed by atoms with Crippen LogP contribution >= 0.6 is 12.2 Å². The van der Waals surface area contributed by atoms with Gasteiger partial charge in [0.1, 0.15) is 0 Å². The van der Waals surface area contributed by atoms with Gasteiger partial charge >= 0.3 is 0 Å². The summed E-state index contributed by atoms with van der Waals surface area (Å²) in [6.45, 7) is 0. The lowest BCUT2D eigenvalue weighted by molar-refractivity contribution is 0.828. The number of nitrogens with zero attached hydrogens (tertiary/aromatic N) is 5. The summed E-state index contributed by atoms with van der Waals surface area (Å²) >= 11 is 5.44. The van der Waals surface area contributed by atoms with E-state index in [-0.39, 0.29) is 0 Å². The maximum Gasteiger partial charge on any atom is 0.242 e. The topological polar surface area (TPSA) is 72.6 Å². The standard InChI is InChI=1S/C19H17N7S/c1-25-12-13-26(19(25)27)18-23-16(20-14-8-4-2-5-9-14)22-17(24-18)21-15-10-6-3-7-11-15/h2-13H,1H3,(H2,20,21,22,23,24). The van der Waals surface area contributed by atoms with E-state index in [1.807, 2.05) is 84.7 Å². The SMILES string of the molecule is Cn1ccn(-c2nc(Nc3ccccc3)nc(Nc3ccccc3)n2)c1=S. The minimum Gasteiger partial charge on any atom is -0.326 e. The van der Waals surface area contributed by atoms with Gasteiger partial charge in [-0.25, -0.2) is 0 Å². The molecule has 0 atom stereocenters. The van der Waals surface area contributed by atoms with Gasteiger partial charge < -0.3 is 15.2 Å². The van der Waals surface area contributed by atoms with Gasteiger partial charge in [-0.15, -0.1) is 0 Å². The van der Waals surface area contributed by atoms with Crippen LogP contribution in [0.2, 0.25) is 0 Å². The number of hydrogen-bond donors (Lipinski definition) is 2. The third-order valence-electron chi connectivity index (χ3n) is 3.85. The number of nitrogens with one attached hydrogen (secondary N) is 2. The average molecular weight is 375 g/mol. The molecule has 0 fully saturated rings. The zero-order valence-corrected chi connectivity index (χ0v) is 15.4. The van der Waals surface area contributed by atoms with Crippen molar-refractivity contribution < 1.29 is 0 Å². The summed E-state index contributed by atoms with van der Waals surface area (Å²) in [5, 5.41) is 6.42. The molecule has 2 heterocycles. The van der Waals surface area contributed by atoms with E-state index in [4.69, 9.17) is 12.2 Å². The molecule has 2 N–H and O–H groups in total. The molecule has 0 aliphatic heterocycles. The number of anilines is 4. The first-order valence-corrected chi connectivity index (χ1v) is 8.74. The van der Waals surface area contributed by atoms with Gasteiger partial charge in [0.2, 0.25) is 17.8 Å². The monoisotopic (exact) mass is 375 g/mol. The first-order chi connectivity index (χ1) is 13.2. The lowest BCUT2D eigenvalue weighted by atomic mass is 10.3. The molecule has 2 aromatic heterocycles. The Morgan fingerprint density at radius 1 is 0.741 bits per heavy atom. The predicted molar refractivity (Wildman–Crippen MR) is 108 cm³/mol. The fourth-order valence-corrected chi connectivity index (χ4v) is 2.71. The average Bonchev–Trinajstić information content (AvgIpc) is 3.02. The van der Waals surface area contributed by atoms with Gasteiger partial charge in [-0.1, -0.05) is 36.4 Å². The van der Waals surface area contributed by atoms with Gasteiger partial charge in [0.05, 0.1) is 0 Å². The molecule has 0 spiro atoms. The number of rotatable bonds is 5. The highest BCUT2D eigenvalue weighted by Gasteiger charge is 2.10. The van der Waals surface area contributed by atoms with Gasteiger partial charge in [-0.3, -0.25) is 4.57 Å². The lowest BCUT2D eigenvalue weighted by Crippen LogP contribution is -2.09. The quantitative estimate of drug-likeness (QED) is 0.509. The van der Waals surface area contributed by atoms with Crippen LogP contribution in [0.4, 0.5) is 23.3 Å². The van der Waals surface area contributed by atoms with Crippen molar-refractivity contribution in [3.63, 3.8) is 0 Å². The normalized spacial score (nSPS) is 10.6. The second kappa shape index (κ2) is 7.38. The summed E-state index contributed by atoms with van der Waals surface area (Å²) in [5.74, 6) is 1.29. The van der Waals surface area contributed by atoms with Crippen LogP contribution in [0.5, 0.6) is 0 Å². The molecule has 0 unspecified atom stereocenters. The maximum absolute atomic E-state index is 5.44. The van der Waals surface area contributed by atoms with E-state index in [9.17, 15) is 0 Å². The molecule has 0 aliphatic rings. The highest BCUT2D eigenvalue weighted by molar-refractivity contribution is 7.71. The van der Waals surface area contributed by atoms with Gasteiger partial charge in [-0.05, 0) is 36.5 Å². The van der Waals surface area contributed by atoms with Crippen LogP contribution in [0.3, 0.4) is 0 Å². The van der Waals surface area contributed by atoms with Crippen molar-refractivity contribution in [1.82, 2.24) is 24.1 Å². The van der Waals surface area contributed by atoms with Crippen LogP contribution in [-0.4, -0.2) is 24.1 Å². The van der Waals surface area contributed by atoms with Crippen LogP contribution < -0.4 is 10.6 Å². The molecule has 7 nitrogen and oxygen atoms in total. The summed E-state index contributed by atoms with van der Waals surface area (Å²) in [6.07, 6.45) is 3.69. The minimum atomic E-state index is 0.426. The minimum absolute atomic E-state index is 0.426. The largest absolute Gasteiger partial charge is 0.326 e. The molecular formula is C19H17N7S. The van der Waals surface area contributed by atoms with Crippen molar-refractivity contribution in [1.29, 1.82) is 0 Å². The third-order valence-corrected chi connectivity index (χ3v) is 4.33. The second-order valence-electron chi connectivity index (χ2n) is 5.83. The Morgan fingerprint density at radius 2 is 1.26 bits per heavy atom. The van der Waals surface area contributed by atoms with E-state index in [0.717, 1.165) is 11.4 Å². The molecule has 4 aromatic rings. The highest BCUT2D eigenvalue weighted by atomic mass is 32.1. The summed E-state index contributed by atoms with van der Waals surface area (Å²) in [5.41, 5.74) is 1.77. The Bertz CT molecular complexity index is 1040. The summed E-state index contributed by atoms with van der Waals surface area (Å²) in [4.78, 5) is 13.5. The molecule has 0 amide bonds. The van der Waals surface area contributed by atoms with Crippen LogP contribution in [0.15, 0.2) is 73.1 Å². The number of aryl methyl sites for hydroxylation is 1. The molecular weight excluding hydrogens is 358 g/mol. The van der Waals surface area contributed by atoms with Gasteiger partial charge in [-0.2, -0.15) is 15.0 Å². The number of imidazole rings is 1. The zero-order valence-electron chi connectivity index (χ0n) is 14.6. The summed E-state index contributed by atoms with van der Waals surface area (Å²) in [6, 6.07) is 19.5. The molecule has 0 saturated carbocycles. The van der Waals surface area contributed by atoms with Gasteiger partial charge in [0.15, 0.2) is 4.77 Å². The van der Waals surface area contributed by atoms with E-state index in [0.29, 0.717) is 22.6 Å². The molecule has 0 bridgehead atoms. The molecule has 0 aliphatic carbocycles. The van der Waals surface area contributed by atoms with Crippen LogP contribution in [0.25, 0.3) is 5.95 Å². The van der Waals surface area contributed by atoms with E-state index >= 15 is 0 Å². The molecule has 0 radical (unpaired) electrons. The highest BCUT2D eigenvalue weighted by Crippen LogP contribution is 2.18. The molecule has 2 aromatic carbocycles. The van der Waals surface area contributed by atoms with Gasteiger partial charge in [0.25, 0.3) is 0 Å². The van der Waals surface area contributed by atoms with Gasteiger partial charge in [0, 0.05) is 30.8 Å². The Kier molecular flexibility index (Phi) is 4.63. The molecule has 0 saturated heterocycles. The first kappa shape index (κ1) is 16.9. The Balaban J connectivity index is 1.76.